The van der Waals surface area contributed by atoms with Crippen LogP contribution in [0.5, 0.6) is 5.75 Å². The van der Waals surface area contributed by atoms with Crippen LogP contribution < -0.4 is 15.8 Å². The Hall–Kier alpha value is -1.59. The van der Waals surface area contributed by atoms with Crippen molar-refractivity contribution < 1.29 is 9.53 Å². The summed E-state index contributed by atoms with van der Waals surface area (Å²) in [6.45, 7) is 8.13. The van der Waals surface area contributed by atoms with Gasteiger partial charge in [0.15, 0.2) is 0 Å². The van der Waals surface area contributed by atoms with Crippen LogP contribution in [0, 0.1) is 5.92 Å². The van der Waals surface area contributed by atoms with E-state index < -0.39 is 0 Å². The molecule has 3 N–H and O–H groups in total. The molecule has 1 amide bonds. The fourth-order valence-electron chi connectivity index (χ4n) is 2.66. The molecule has 1 aromatic carbocycles. The quantitative estimate of drug-likeness (QED) is 0.809. The van der Waals surface area contributed by atoms with E-state index in [1.807, 2.05) is 31.2 Å². The maximum absolute atomic E-state index is 11.6. The highest BCUT2D eigenvalue weighted by atomic mass is 16.5. The Balaban J connectivity index is 1.71. The molecule has 1 aliphatic heterocycles. The average Bonchev–Trinajstić information content (AvgIpc) is 2.85. The summed E-state index contributed by atoms with van der Waals surface area (Å²) >= 11 is 0. The zero-order valence-corrected chi connectivity index (χ0v) is 13.5. The van der Waals surface area contributed by atoms with Gasteiger partial charge in [0.1, 0.15) is 12.4 Å². The van der Waals surface area contributed by atoms with Crippen molar-refractivity contribution in [1.82, 2.24) is 4.90 Å². The zero-order valence-electron chi connectivity index (χ0n) is 13.5. The molecule has 5 nitrogen and oxygen atoms in total. The lowest BCUT2D eigenvalue weighted by atomic mass is 10.2. The molecule has 1 heterocycles. The van der Waals surface area contributed by atoms with Crippen molar-refractivity contribution in [3.63, 3.8) is 0 Å². The number of carbonyl (C=O) groups is 1. The number of hydrogen-bond acceptors (Lipinski definition) is 4. The summed E-state index contributed by atoms with van der Waals surface area (Å²) in [5, 5.41) is 2.82. The van der Waals surface area contributed by atoms with Crippen LogP contribution in [0.15, 0.2) is 24.3 Å². The number of nitrogens with one attached hydrogen (secondary N) is 1. The van der Waals surface area contributed by atoms with E-state index in [1.54, 1.807) is 0 Å². The molecule has 0 spiro atoms. The average molecular weight is 305 g/mol. The minimum Gasteiger partial charge on any atom is -0.492 e. The van der Waals surface area contributed by atoms with E-state index in [-0.39, 0.29) is 11.9 Å². The Morgan fingerprint density at radius 2 is 2.18 bits per heavy atom. The number of likely N-dealkylation sites (tertiary alicyclic amines) is 1. The van der Waals surface area contributed by atoms with Gasteiger partial charge in [-0.15, -0.1) is 0 Å². The first-order chi connectivity index (χ1) is 10.5. The number of nitrogens with zero attached hydrogens (tertiary/aromatic N) is 1. The van der Waals surface area contributed by atoms with Crippen LogP contribution in [0.2, 0.25) is 0 Å². The van der Waals surface area contributed by atoms with Gasteiger partial charge in [0.25, 0.3) is 0 Å². The van der Waals surface area contributed by atoms with Crippen molar-refractivity contribution >= 4 is 11.6 Å². The van der Waals surface area contributed by atoms with Crippen molar-refractivity contribution in [2.45, 2.75) is 32.7 Å². The van der Waals surface area contributed by atoms with Gasteiger partial charge >= 0.3 is 0 Å². The second-order valence-corrected chi connectivity index (χ2v) is 6.30. The number of amides is 1. The molecule has 1 aliphatic rings. The van der Waals surface area contributed by atoms with Crippen LogP contribution in [-0.2, 0) is 4.79 Å². The van der Waals surface area contributed by atoms with Gasteiger partial charge in [0, 0.05) is 31.2 Å². The molecule has 2 atom stereocenters. The summed E-state index contributed by atoms with van der Waals surface area (Å²) in [6.07, 6.45) is 1.61. The molecule has 1 aromatic rings. The molecular formula is C17H27N3O2. The van der Waals surface area contributed by atoms with Crippen molar-refractivity contribution in [2.24, 2.45) is 11.7 Å². The maximum Gasteiger partial charge on any atom is 0.225 e. The number of benzene rings is 1. The van der Waals surface area contributed by atoms with E-state index in [0.717, 1.165) is 23.9 Å². The number of rotatable bonds is 7. The fourth-order valence-corrected chi connectivity index (χ4v) is 2.66. The molecule has 0 radical (unpaired) electrons. The van der Waals surface area contributed by atoms with Gasteiger partial charge in [-0.25, -0.2) is 0 Å². The van der Waals surface area contributed by atoms with E-state index >= 15 is 0 Å². The smallest absolute Gasteiger partial charge is 0.225 e. The molecule has 2 unspecified atom stereocenters. The lowest BCUT2D eigenvalue weighted by Gasteiger charge is -2.15. The van der Waals surface area contributed by atoms with Crippen LogP contribution in [0.4, 0.5) is 5.69 Å². The highest BCUT2D eigenvalue weighted by Crippen LogP contribution is 2.17. The summed E-state index contributed by atoms with van der Waals surface area (Å²) in [7, 11) is 0. The third-order valence-corrected chi connectivity index (χ3v) is 3.83. The van der Waals surface area contributed by atoms with Crippen LogP contribution >= 0.6 is 0 Å². The molecule has 122 valence electrons. The Labute approximate surface area is 132 Å². The zero-order chi connectivity index (χ0) is 15.9. The normalized spacial score (nSPS) is 19.9. The minimum atomic E-state index is -0.129. The van der Waals surface area contributed by atoms with E-state index in [0.29, 0.717) is 13.0 Å². The largest absolute Gasteiger partial charge is 0.492 e. The first-order valence-electron chi connectivity index (χ1n) is 8.03. The van der Waals surface area contributed by atoms with Crippen molar-refractivity contribution in [1.29, 1.82) is 0 Å². The van der Waals surface area contributed by atoms with Gasteiger partial charge in [0.05, 0.1) is 0 Å². The highest BCUT2D eigenvalue weighted by molar-refractivity contribution is 5.91. The maximum atomic E-state index is 11.6. The van der Waals surface area contributed by atoms with Crippen LogP contribution in [0.25, 0.3) is 0 Å². The molecule has 5 heteroatoms. The Morgan fingerprint density at radius 1 is 1.45 bits per heavy atom. The third kappa shape index (κ3) is 5.66. The van der Waals surface area contributed by atoms with Gasteiger partial charge in [-0.1, -0.05) is 6.92 Å². The monoisotopic (exact) mass is 305 g/mol. The first-order valence-corrected chi connectivity index (χ1v) is 8.03. The number of anilines is 1. The molecule has 1 fully saturated rings. The Kier molecular flexibility index (Phi) is 6.21. The summed E-state index contributed by atoms with van der Waals surface area (Å²) in [6, 6.07) is 7.34. The second-order valence-electron chi connectivity index (χ2n) is 6.30. The predicted octanol–water partition coefficient (Wildman–Crippen LogP) is 2.08. The standard InChI is InChI=1S/C17H27N3O2/c1-13-7-8-20(12-13)9-10-22-16-5-3-15(4-6-16)19-17(21)11-14(2)18/h3-6,13-14H,7-12,18H2,1-2H3,(H,19,21). The lowest BCUT2D eigenvalue weighted by Crippen LogP contribution is -2.25. The van der Waals surface area contributed by atoms with Gasteiger partial charge in [-0.2, -0.15) is 0 Å². The lowest BCUT2D eigenvalue weighted by molar-refractivity contribution is -0.116. The summed E-state index contributed by atoms with van der Waals surface area (Å²) in [5.41, 5.74) is 6.37. The Bertz CT molecular complexity index is 473. The molecule has 0 aromatic heterocycles. The van der Waals surface area contributed by atoms with Gasteiger partial charge in [0.2, 0.25) is 5.91 Å². The first kappa shape index (κ1) is 16.8. The van der Waals surface area contributed by atoms with Crippen LogP contribution in [-0.4, -0.2) is 43.1 Å². The highest BCUT2D eigenvalue weighted by Gasteiger charge is 2.17. The predicted molar refractivity (Wildman–Crippen MR) is 89.1 cm³/mol. The second kappa shape index (κ2) is 8.15. The molecule has 1 saturated heterocycles. The van der Waals surface area contributed by atoms with Crippen molar-refractivity contribution in [3.05, 3.63) is 24.3 Å². The molecule has 0 bridgehead atoms. The van der Waals surface area contributed by atoms with E-state index in [9.17, 15) is 4.79 Å². The number of hydrogen-bond donors (Lipinski definition) is 2. The summed E-state index contributed by atoms with van der Waals surface area (Å²) in [5.74, 6) is 1.57. The number of carbonyl (C=O) groups excluding carboxylic acids is 1. The SMILES string of the molecule is CC(N)CC(=O)Nc1ccc(OCCN2CCC(C)C2)cc1. The summed E-state index contributed by atoms with van der Waals surface area (Å²) in [4.78, 5) is 14.1. The molecule has 0 saturated carbocycles. The molecule has 2 rings (SSSR count). The number of nitrogens with two attached hydrogens (primary N) is 1. The summed E-state index contributed by atoms with van der Waals surface area (Å²) < 4.78 is 5.75. The van der Waals surface area contributed by atoms with Crippen molar-refractivity contribution in [2.75, 3.05) is 31.6 Å². The fraction of sp³-hybridized carbons (Fsp3) is 0.588. The van der Waals surface area contributed by atoms with E-state index in [4.69, 9.17) is 10.5 Å². The topological polar surface area (TPSA) is 67.6 Å². The Morgan fingerprint density at radius 3 is 2.77 bits per heavy atom. The van der Waals surface area contributed by atoms with E-state index in [1.165, 1.54) is 19.5 Å². The molecule has 22 heavy (non-hydrogen) atoms. The van der Waals surface area contributed by atoms with Crippen LogP contribution in [0.3, 0.4) is 0 Å². The third-order valence-electron chi connectivity index (χ3n) is 3.83. The van der Waals surface area contributed by atoms with Gasteiger partial charge < -0.3 is 15.8 Å². The van der Waals surface area contributed by atoms with Crippen LogP contribution in [0.1, 0.15) is 26.7 Å². The van der Waals surface area contributed by atoms with Crippen molar-refractivity contribution in [3.8, 4) is 5.75 Å². The number of ether oxygens (including phenoxy) is 1. The van der Waals surface area contributed by atoms with Gasteiger partial charge in [-0.05, 0) is 50.1 Å². The van der Waals surface area contributed by atoms with Gasteiger partial charge in [-0.3, -0.25) is 9.69 Å². The minimum absolute atomic E-state index is 0.0631. The molecular weight excluding hydrogens is 278 g/mol. The molecule has 0 aliphatic carbocycles. The van der Waals surface area contributed by atoms with E-state index in [2.05, 4.69) is 17.1 Å².